The standard InChI is InChI=1S/C13H23NO/c1-10(2)12(8-14-13-3-4-13)7-11-5-6-15-9-11/h7,10-11,13-14H,3-6,8-9H2,1-2H3/b12-7-. The van der Waals surface area contributed by atoms with Gasteiger partial charge in [-0.1, -0.05) is 25.5 Å². The SMILES string of the molecule is CC(C)/C(=C\C1CCOC1)CNC1CC1. The Morgan fingerprint density at radius 3 is 2.73 bits per heavy atom. The number of rotatable bonds is 5. The Morgan fingerprint density at radius 2 is 2.20 bits per heavy atom. The topological polar surface area (TPSA) is 21.3 Å². The van der Waals surface area contributed by atoms with Gasteiger partial charge in [0.1, 0.15) is 0 Å². The molecule has 0 aromatic rings. The third-order valence-electron chi connectivity index (χ3n) is 3.33. The molecule has 0 spiro atoms. The number of hydrogen-bond donors (Lipinski definition) is 1. The van der Waals surface area contributed by atoms with E-state index in [-0.39, 0.29) is 0 Å². The van der Waals surface area contributed by atoms with Crippen LogP contribution in [0.2, 0.25) is 0 Å². The monoisotopic (exact) mass is 209 g/mol. The molecule has 1 saturated heterocycles. The molecule has 0 amide bonds. The van der Waals surface area contributed by atoms with Crippen LogP contribution in [0.25, 0.3) is 0 Å². The van der Waals surface area contributed by atoms with E-state index in [1.165, 1.54) is 19.3 Å². The van der Waals surface area contributed by atoms with Gasteiger partial charge in [-0.05, 0) is 25.2 Å². The Bertz CT molecular complexity index is 225. The fourth-order valence-electron chi connectivity index (χ4n) is 1.99. The molecule has 1 saturated carbocycles. The summed E-state index contributed by atoms with van der Waals surface area (Å²) in [6, 6.07) is 0.812. The van der Waals surface area contributed by atoms with E-state index in [1.54, 1.807) is 5.57 Å². The first-order valence-corrected chi connectivity index (χ1v) is 6.27. The summed E-state index contributed by atoms with van der Waals surface area (Å²) < 4.78 is 5.41. The zero-order chi connectivity index (χ0) is 10.7. The summed E-state index contributed by atoms with van der Waals surface area (Å²) in [6.07, 6.45) is 6.41. The summed E-state index contributed by atoms with van der Waals surface area (Å²) >= 11 is 0. The second kappa shape index (κ2) is 5.13. The second-order valence-electron chi connectivity index (χ2n) is 5.18. The molecular weight excluding hydrogens is 186 g/mol. The lowest BCUT2D eigenvalue weighted by Gasteiger charge is -2.14. The molecule has 2 rings (SSSR count). The lowest BCUT2D eigenvalue weighted by molar-refractivity contribution is 0.191. The van der Waals surface area contributed by atoms with Crippen molar-refractivity contribution in [2.45, 2.75) is 39.2 Å². The van der Waals surface area contributed by atoms with Crippen molar-refractivity contribution in [2.75, 3.05) is 19.8 Å². The maximum Gasteiger partial charge on any atom is 0.0529 e. The lowest BCUT2D eigenvalue weighted by Crippen LogP contribution is -2.22. The first-order chi connectivity index (χ1) is 7.25. The van der Waals surface area contributed by atoms with Crippen molar-refractivity contribution in [1.82, 2.24) is 5.32 Å². The fourth-order valence-corrected chi connectivity index (χ4v) is 1.99. The Labute approximate surface area is 93.1 Å². The molecule has 15 heavy (non-hydrogen) atoms. The highest BCUT2D eigenvalue weighted by molar-refractivity contribution is 5.10. The van der Waals surface area contributed by atoms with E-state index < -0.39 is 0 Å². The molecule has 1 aliphatic heterocycles. The minimum Gasteiger partial charge on any atom is -0.381 e. The molecule has 2 aliphatic rings. The molecule has 1 heterocycles. The summed E-state index contributed by atoms with van der Waals surface area (Å²) in [6.45, 7) is 7.54. The summed E-state index contributed by atoms with van der Waals surface area (Å²) in [7, 11) is 0. The van der Waals surface area contributed by atoms with Gasteiger partial charge < -0.3 is 10.1 Å². The zero-order valence-electron chi connectivity index (χ0n) is 9.96. The average molecular weight is 209 g/mol. The quantitative estimate of drug-likeness (QED) is 0.702. The Balaban J connectivity index is 1.84. The van der Waals surface area contributed by atoms with Crippen molar-refractivity contribution in [2.24, 2.45) is 11.8 Å². The second-order valence-corrected chi connectivity index (χ2v) is 5.18. The Morgan fingerprint density at radius 1 is 1.40 bits per heavy atom. The predicted molar refractivity (Wildman–Crippen MR) is 62.9 cm³/mol. The van der Waals surface area contributed by atoms with Gasteiger partial charge in [0.25, 0.3) is 0 Å². The Kier molecular flexibility index (Phi) is 3.81. The molecule has 0 aromatic carbocycles. The smallest absolute Gasteiger partial charge is 0.0529 e. The molecule has 0 radical (unpaired) electrons. The van der Waals surface area contributed by atoms with Crippen molar-refractivity contribution < 1.29 is 4.74 Å². The lowest BCUT2D eigenvalue weighted by atomic mass is 9.97. The van der Waals surface area contributed by atoms with Crippen molar-refractivity contribution in [1.29, 1.82) is 0 Å². The van der Waals surface area contributed by atoms with Crippen LogP contribution in [-0.2, 0) is 4.74 Å². The van der Waals surface area contributed by atoms with E-state index in [9.17, 15) is 0 Å². The third-order valence-corrected chi connectivity index (χ3v) is 3.33. The van der Waals surface area contributed by atoms with E-state index >= 15 is 0 Å². The third kappa shape index (κ3) is 3.62. The molecule has 2 nitrogen and oxygen atoms in total. The maximum absolute atomic E-state index is 5.41. The fraction of sp³-hybridized carbons (Fsp3) is 0.846. The van der Waals surface area contributed by atoms with Crippen LogP contribution in [0, 0.1) is 11.8 Å². The molecule has 0 aromatic heterocycles. The van der Waals surface area contributed by atoms with Crippen LogP contribution in [0.1, 0.15) is 33.1 Å². The summed E-state index contributed by atoms with van der Waals surface area (Å²) in [4.78, 5) is 0. The number of ether oxygens (including phenoxy) is 1. The first-order valence-electron chi connectivity index (χ1n) is 6.27. The number of hydrogen-bond acceptors (Lipinski definition) is 2. The number of nitrogens with one attached hydrogen (secondary N) is 1. The van der Waals surface area contributed by atoms with Crippen LogP contribution >= 0.6 is 0 Å². The highest BCUT2D eigenvalue weighted by Gasteiger charge is 2.21. The van der Waals surface area contributed by atoms with E-state index in [0.717, 1.165) is 25.8 Å². The molecular formula is C13H23NO. The summed E-state index contributed by atoms with van der Waals surface area (Å²) in [5, 5.41) is 3.60. The molecule has 1 N–H and O–H groups in total. The van der Waals surface area contributed by atoms with Gasteiger partial charge in [-0.3, -0.25) is 0 Å². The van der Waals surface area contributed by atoms with Gasteiger partial charge in [0, 0.05) is 25.1 Å². The minimum absolute atomic E-state index is 0.664. The van der Waals surface area contributed by atoms with Crippen molar-refractivity contribution in [3.8, 4) is 0 Å². The first kappa shape index (κ1) is 11.2. The van der Waals surface area contributed by atoms with Crippen LogP contribution in [-0.4, -0.2) is 25.8 Å². The molecule has 86 valence electrons. The Hall–Kier alpha value is -0.340. The van der Waals surface area contributed by atoms with Crippen LogP contribution < -0.4 is 5.32 Å². The van der Waals surface area contributed by atoms with Crippen molar-refractivity contribution in [3.63, 3.8) is 0 Å². The van der Waals surface area contributed by atoms with Gasteiger partial charge in [0.05, 0.1) is 6.61 Å². The van der Waals surface area contributed by atoms with E-state index in [2.05, 4.69) is 25.2 Å². The largest absolute Gasteiger partial charge is 0.381 e. The van der Waals surface area contributed by atoms with Gasteiger partial charge in [0.2, 0.25) is 0 Å². The van der Waals surface area contributed by atoms with E-state index in [0.29, 0.717) is 11.8 Å². The van der Waals surface area contributed by atoms with Crippen LogP contribution in [0.5, 0.6) is 0 Å². The van der Waals surface area contributed by atoms with Crippen LogP contribution in [0.4, 0.5) is 0 Å². The summed E-state index contributed by atoms with van der Waals surface area (Å²) in [5.41, 5.74) is 1.57. The molecule has 1 aliphatic carbocycles. The molecule has 1 atom stereocenters. The average Bonchev–Trinajstić information content (AvgIpc) is 2.89. The molecule has 1 unspecified atom stereocenters. The zero-order valence-corrected chi connectivity index (χ0v) is 9.96. The van der Waals surface area contributed by atoms with Crippen molar-refractivity contribution >= 4 is 0 Å². The van der Waals surface area contributed by atoms with E-state index in [4.69, 9.17) is 4.74 Å². The van der Waals surface area contributed by atoms with Crippen LogP contribution in [0.15, 0.2) is 11.6 Å². The van der Waals surface area contributed by atoms with Crippen molar-refractivity contribution in [3.05, 3.63) is 11.6 Å². The highest BCUT2D eigenvalue weighted by atomic mass is 16.5. The molecule has 2 fully saturated rings. The minimum atomic E-state index is 0.664. The van der Waals surface area contributed by atoms with Gasteiger partial charge in [-0.2, -0.15) is 0 Å². The predicted octanol–water partition coefficient (Wildman–Crippen LogP) is 2.36. The van der Waals surface area contributed by atoms with Gasteiger partial charge in [-0.25, -0.2) is 0 Å². The maximum atomic E-state index is 5.41. The van der Waals surface area contributed by atoms with Gasteiger partial charge in [0.15, 0.2) is 0 Å². The summed E-state index contributed by atoms with van der Waals surface area (Å²) in [5.74, 6) is 1.33. The van der Waals surface area contributed by atoms with Gasteiger partial charge in [-0.15, -0.1) is 0 Å². The van der Waals surface area contributed by atoms with E-state index in [1.807, 2.05) is 0 Å². The highest BCUT2D eigenvalue weighted by Crippen LogP contribution is 2.22. The molecule has 0 bridgehead atoms. The molecule has 2 heteroatoms. The van der Waals surface area contributed by atoms with Gasteiger partial charge >= 0.3 is 0 Å². The normalized spacial score (nSPS) is 27.7. The van der Waals surface area contributed by atoms with Crippen LogP contribution in [0.3, 0.4) is 0 Å².